The number of rotatable bonds is 6. The van der Waals surface area contributed by atoms with Crippen molar-refractivity contribution < 1.29 is 4.74 Å². The van der Waals surface area contributed by atoms with Crippen LogP contribution in [-0.2, 0) is 11.2 Å². The van der Waals surface area contributed by atoms with E-state index in [4.69, 9.17) is 4.74 Å². The van der Waals surface area contributed by atoms with Crippen LogP contribution >= 0.6 is 11.3 Å². The molecular weight excluding hydrogens is 218 g/mol. The second kappa shape index (κ2) is 7.05. The summed E-state index contributed by atoms with van der Waals surface area (Å²) in [7, 11) is 0. The summed E-state index contributed by atoms with van der Waals surface area (Å²) in [5.74, 6) is 0.892. The van der Waals surface area contributed by atoms with E-state index in [2.05, 4.69) is 22.8 Å². The van der Waals surface area contributed by atoms with Gasteiger partial charge >= 0.3 is 0 Å². The Hall–Kier alpha value is -0.380. The minimum Gasteiger partial charge on any atom is -0.381 e. The third kappa shape index (κ3) is 4.24. The first kappa shape index (κ1) is 12.1. The van der Waals surface area contributed by atoms with E-state index in [-0.39, 0.29) is 0 Å². The summed E-state index contributed by atoms with van der Waals surface area (Å²) in [6, 6.07) is 4.29. The monoisotopic (exact) mass is 239 g/mol. The zero-order valence-corrected chi connectivity index (χ0v) is 10.6. The van der Waals surface area contributed by atoms with Gasteiger partial charge in [0.25, 0.3) is 0 Å². The minimum absolute atomic E-state index is 0.880. The number of piperidine rings is 1. The fraction of sp³-hybridized carbons (Fsp3) is 0.692. The van der Waals surface area contributed by atoms with E-state index < -0.39 is 0 Å². The summed E-state index contributed by atoms with van der Waals surface area (Å²) in [4.78, 5) is 1.43. The number of thiophene rings is 1. The highest BCUT2D eigenvalue weighted by atomic mass is 32.1. The Kier molecular flexibility index (Phi) is 5.32. The molecule has 0 saturated carbocycles. The topological polar surface area (TPSA) is 21.3 Å². The summed E-state index contributed by atoms with van der Waals surface area (Å²) in [5.41, 5.74) is 0. The van der Waals surface area contributed by atoms with E-state index in [9.17, 15) is 0 Å². The van der Waals surface area contributed by atoms with Gasteiger partial charge in [0.1, 0.15) is 0 Å². The molecule has 1 aliphatic heterocycles. The summed E-state index contributed by atoms with van der Waals surface area (Å²) in [6.45, 7) is 4.21. The molecule has 1 aromatic heterocycles. The molecule has 0 radical (unpaired) electrons. The molecular formula is C13H21NOS. The summed E-state index contributed by atoms with van der Waals surface area (Å²) in [6.07, 6.45) is 4.97. The SMILES string of the molecule is c1csc(CCOCCC2CCNCC2)c1. The Labute approximate surface area is 102 Å². The largest absolute Gasteiger partial charge is 0.381 e. The van der Waals surface area contributed by atoms with E-state index in [0.29, 0.717) is 0 Å². The molecule has 0 bridgehead atoms. The Morgan fingerprint density at radius 2 is 2.19 bits per heavy atom. The maximum Gasteiger partial charge on any atom is 0.0514 e. The first-order valence-electron chi connectivity index (χ1n) is 6.26. The third-order valence-electron chi connectivity index (χ3n) is 3.20. The molecule has 1 N–H and O–H groups in total. The van der Waals surface area contributed by atoms with E-state index in [0.717, 1.165) is 25.6 Å². The van der Waals surface area contributed by atoms with Crippen molar-refractivity contribution in [3.05, 3.63) is 22.4 Å². The zero-order chi connectivity index (χ0) is 11.1. The van der Waals surface area contributed by atoms with Crippen LogP contribution in [0.3, 0.4) is 0 Å². The molecule has 2 rings (SSSR count). The van der Waals surface area contributed by atoms with Crippen LogP contribution in [0, 0.1) is 5.92 Å². The van der Waals surface area contributed by atoms with Crippen LogP contribution in [-0.4, -0.2) is 26.3 Å². The standard InChI is InChI=1S/C13H21NOS/c1-2-13(16-11-1)6-10-15-9-5-12-3-7-14-8-4-12/h1-2,11-12,14H,3-10H2. The van der Waals surface area contributed by atoms with Crippen LogP contribution in [0.4, 0.5) is 0 Å². The van der Waals surface area contributed by atoms with Crippen LogP contribution in [0.2, 0.25) is 0 Å². The molecule has 0 spiro atoms. The van der Waals surface area contributed by atoms with Gasteiger partial charge in [-0.2, -0.15) is 0 Å². The Morgan fingerprint density at radius 1 is 1.31 bits per heavy atom. The molecule has 2 heterocycles. The van der Waals surface area contributed by atoms with Crippen molar-refractivity contribution in [1.82, 2.24) is 5.32 Å². The molecule has 3 heteroatoms. The smallest absolute Gasteiger partial charge is 0.0514 e. The number of hydrogen-bond donors (Lipinski definition) is 1. The lowest BCUT2D eigenvalue weighted by molar-refractivity contribution is 0.118. The van der Waals surface area contributed by atoms with Gasteiger partial charge in [-0.1, -0.05) is 6.07 Å². The predicted octanol–water partition coefficient (Wildman–Crippen LogP) is 2.70. The van der Waals surface area contributed by atoms with Gasteiger partial charge in [0.05, 0.1) is 6.61 Å². The molecule has 2 nitrogen and oxygen atoms in total. The molecule has 1 aliphatic rings. The van der Waals surface area contributed by atoms with Crippen molar-refractivity contribution >= 4 is 11.3 Å². The lowest BCUT2D eigenvalue weighted by Crippen LogP contribution is -2.28. The molecule has 90 valence electrons. The number of nitrogens with one attached hydrogen (secondary N) is 1. The molecule has 0 aromatic carbocycles. The molecule has 16 heavy (non-hydrogen) atoms. The van der Waals surface area contributed by atoms with Gasteiger partial charge < -0.3 is 10.1 Å². The van der Waals surface area contributed by atoms with Gasteiger partial charge in [-0.25, -0.2) is 0 Å². The average molecular weight is 239 g/mol. The average Bonchev–Trinajstić information content (AvgIpc) is 2.83. The summed E-state index contributed by atoms with van der Waals surface area (Å²) >= 11 is 1.82. The van der Waals surface area contributed by atoms with Crippen LogP contribution in [0.5, 0.6) is 0 Å². The highest BCUT2D eigenvalue weighted by molar-refractivity contribution is 7.09. The Morgan fingerprint density at radius 3 is 2.94 bits per heavy atom. The fourth-order valence-corrected chi connectivity index (χ4v) is 2.84. The Bertz CT molecular complexity index is 267. The van der Waals surface area contributed by atoms with Crippen molar-refractivity contribution in [2.75, 3.05) is 26.3 Å². The number of hydrogen-bond acceptors (Lipinski definition) is 3. The highest BCUT2D eigenvalue weighted by Gasteiger charge is 2.12. The minimum atomic E-state index is 0.880. The van der Waals surface area contributed by atoms with Gasteiger partial charge in [0, 0.05) is 17.9 Å². The van der Waals surface area contributed by atoms with Gasteiger partial charge in [-0.3, -0.25) is 0 Å². The molecule has 0 unspecified atom stereocenters. The quantitative estimate of drug-likeness (QED) is 0.771. The molecule has 0 amide bonds. The second-order valence-electron chi connectivity index (χ2n) is 4.42. The van der Waals surface area contributed by atoms with Crippen molar-refractivity contribution in [1.29, 1.82) is 0 Å². The Balaban J connectivity index is 1.48. The predicted molar refractivity (Wildman–Crippen MR) is 69.1 cm³/mol. The molecule has 1 saturated heterocycles. The van der Waals surface area contributed by atoms with Crippen LogP contribution < -0.4 is 5.32 Å². The lowest BCUT2D eigenvalue weighted by atomic mass is 9.95. The van der Waals surface area contributed by atoms with Crippen molar-refractivity contribution in [2.24, 2.45) is 5.92 Å². The molecule has 1 fully saturated rings. The van der Waals surface area contributed by atoms with Crippen LogP contribution in [0.15, 0.2) is 17.5 Å². The zero-order valence-electron chi connectivity index (χ0n) is 9.78. The maximum atomic E-state index is 5.70. The second-order valence-corrected chi connectivity index (χ2v) is 5.46. The maximum absolute atomic E-state index is 5.70. The van der Waals surface area contributed by atoms with E-state index in [1.807, 2.05) is 11.3 Å². The van der Waals surface area contributed by atoms with Gasteiger partial charge in [-0.15, -0.1) is 11.3 Å². The molecule has 0 aliphatic carbocycles. The third-order valence-corrected chi connectivity index (χ3v) is 4.14. The molecule has 0 atom stereocenters. The van der Waals surface area contributed by atoms with E-state index in [1.165, 1.54) is 37.2 Å². The van der Waals surface area contributed by atoms with E-state index in [1.54, 1.807) is 0 Å². The normalized spacial score (nSPS) is 17.8. The molecule has 1 aromatic rings. The first-order valence-corrected chi connectivity index (χ1v) is 7.14. The van der Waals surface area contributed by atoms with Gasteiger partial charge in [-0.05, 0) is 49.7 Å². The first-order chi connectivity index (χ1) is 7.95. The van der Waals surface area contributed by atoms with Crippen molar-refractivity contribution in [3.63, 3.8) is 0 Å². The van der Waals surface area contributed by atoms with Crippen LogP contribution in [0.1, 0.15) is 24.1 Å². The summed E-state index contributed by atoms with van der Waals surface area (Å²) < 4.78 is 5.70. The van der Waals surface area contributed by atoms with Crippen LogP contribution in [0.25, 0.3) is 0 Å². The summed E-state index contributed by atoms with van der Waals surface area (Å²) in [5, 5.41) is 5.52. The lowest BCUT2D eigenvalue weighted by Gasteiger charge is -2.22. The highest BCUT2D eigenvalue weighted by Crippen LogP contribution is 2.15. The van der Waals surface area contributed by atoms with Gasteiger partial charge in [0.15, 0.2) is 0 Å². The fourth-order valence-electron chi connectivity index (χ4n) is 2.15. The van der Waals surface area contributed by atoms with Crippen molar-refractivity contribution in [3.8, 4) is 0 Å². The van der Waals surface area contributed by atoms with E-state index >= 15 is 0 Å². The van der Waals surface area contributed by atoms with Crippen molar-refractivity contribution in [2.45, 2.75) is 25.7 Å². The number of ether oxygens (including phenoxy) is 1. The van der Waals surface area contributed by atoms with Gasteiger partial charge in [0.2, 0.25) is 0 Å².